The number of halogens is 3. The van der Waals surface area contributed by atoms with Crippen molar-refractivity contribution in [3.05, 3.63) is 42.2 Å². The third-order valence-corrected chi connectivity index (χ3v) is 2.86. The van der Waals surface area contributed by atoms with E-state index >= 15 is 0 Å². The minimum absolute atomic E-state index is 0.238. The Balaban J connectivity index is 2.24. The molecule has 0 aliphatic carbocycles. The molecule has 1 aromatic heterocycles. The molecule has 1 aromatic carbocycles. The third-order valence-electron chi connectivity index (χ3n) is 2.86. The number of rotatable bonds is 3. The summed E-state index contributed by atoms with van der Waals surface area (Å²) in [4.78, 5) is 11.7. The second-order valence-corrected chi connectivity index (χ2v) is 5.40. The first-order valence-corrected chi connectivity index (χ1v) is 6.40. The Morgan fingerprint density at radius 3 is 2.59 bits per heavy atom. The highest BCUT2D eigenvalue weighted by Crippen LogP contribution is 2.30. The Labute approximate surface area is 124 Å². The molecule has 0 fully saturated rings. The van der Waals surface area contributed by atoms with Crippen molar-refractivity contribution in [3.63, 3.8) is 0 Å². The first-order chi connectivity index (χ1) is 10.1. The van der Waals surface area contributed by atoms with Crippen LogP contribution in [0.25, 0.3) is 5.69 Å². The number of carbonyl (C=O) groups excluding carboxylic acids is 1. The molecule has 2 rings (SSSR count). The van der Waals surface area contributed by atoms with E-state index in [2.05, 4.69) is 10.4 Å². The number of hydrogen-bond donors (Lipinski definition) is 2. The Morgan fingerprint density at radius 1 is 1.32 bits per heavy atom. The lowest BCUT2D eigenvalue weighted by molar-refractivity contribution is -0.137. The number of amides is 1. The maximum Gasteiger partial charge on any atom is 0.416 e. The maximum absolute atomic E-state index is 12.7. The molecule has 8 heteroatoms. The summed E-state index contributed by atoms with van der Waals surface area (Å²) in [6, 6.07) is 4.74. The van der Waals surface area contributed by atoms with Crippen molar-refractivity contribution in [2.24, 2.45) is 5.73 Å². The van der Waals surface area contributed by atoms with Crippen molar-refractivity contribution in [1.82, 2.24) is 9.78 Å². The fraction of sp³-hybridized carbons (Fsp3) is 0.286. The van der Waals surface area contributed by atoms with E-state index in [1.54, 1.807) is 13.8 Å². The van der Waals surface area contributed by atoms with Crippen LogP contribution in [-0.4, -0.2) is 21.2 Å². The summed E-state index contributed by atoms with van der Waals surface area (Å²) in [6.45, 7) is 3.08. The average molecular weight is 312 g/mol. The van der Waals surface area contributed by atoms with Gasteiger partial charge in [0.15, 0.2) is 0 Å². The van der Waals surface area contributed by atoms with Gasteiger partial charge in [0.25, 0.3) is 0 Å². The molecular formula is C14H15F3N4O. The van der Waals surface area contributed by atoms with Crippen LogP contribution in [0.15, 0.2) is 36.7 Å². The molecule has 0 spiro atoms. The van der Waals surface area contributed by atoms with Crippen molar-refractivity contribution in [2.45, 2.75) is 25.6 Å². The lowest BCUT2D eigenvalue weighted by Gasteiger charge is -2.16. The Hall–Kier alpha value is -2.35. The lowest BCUT2D eigenvalue weighted by atomic mass is 10.1. The SMILES string of the molecule is CC(C)(N)C(=O)Nc1cnn(-c2cccc(C(F)(F)F)c2)c1. The van der Waals surface area contributed by atoms with E-state index in [0.717, 1.165) is 12.1 Å². The monoisotopic (exact) mass is 312 g/mol. The van der Waals surface area contributed by atoms with Crippen LogP contribution >= 0.6 is 0 Å². The quantitative estimate of drug-likeness (QED) is 0.915. The number of carbonyl (C=O) groups is 1. The molecule has 3 N–H and O–H groups in total. The van der Waals surface area contributed by atoms with Crippen molar-refractivity contribution >= 4 is 11.6 Å². The van der Waals surface area contributed by atoms with Crippen LogP contribution in [0.4, 0.5) is 18.9 Å². The minimum Gasteiger partial charge on any atom is -0.322 e. The van der Waals surface area contributed by atoms with Gasteiger partial charge in [0.1, 0.15) is 0 Å². The molecule has 0 atom stereocenters. The predicted molar refractivity (Wildman–Crippen MR) is 75.5 cm³/mol. The van der Waals surface area contributed by atoms with Gasteiger partial charge in [-0.15, -0.1) is 0 Å². The first-order valence-electron chi connectivity index (χ1n) is 6.40. The molecule has 118 valence electrons. The summed E-state index contributed by atoms with van der Waals surface area (Å²) < 4.78 is 39.3. The maximum atomic E-state index is 12.7. The highest BCUT2D eigenvalue weighted by Gasteiger charge is 2.30. The summed E-state index contributed by atoms with van der Waals surface area (Å²) in [5.41, 5.74) is 4.39. The average Bonchev–Trinajstić information content (AvgIpc) is 2.85. The topological polar surface area (TPSA) is 72.9 Å². The van der Waals surface area contributed by atoms with E-state index in [1.165, 1.54) is 29.2 Å². The zero-order valence-corrected chi connectivity index (χ0v) is 12.0. The molecule has 0 bridgehead atoms. The van der Waals surface area contributed by atoms with Crippen LogP contribution in [0.2, 0.25) is 0 Å². The molecule has 5 nitrogen and oxygen atoms in total. The van der Waals surface area contributed by atoms with Gasteiger partial charge in [0, 0.05) is 0 Å². The molecule has 1 amide bonds. The molecule has 0 saturated carbocycles. The minimum atomic E-state index is -4.43. The Kier molecular flexibility index (Phi) is 3.97. The number of hydrogen-bond acceptors (Lipinski definition) is 3. The second kappa shape index (κ2) is 5.45. The molecule has 0 radical (unpaired) electrons. The van der Waals surface area contributed by atoms with Crippen LogP contribution < -0.4 is 11.1 Å². The highest BCUT2D eigenvalue weighted by atomic mass is 19.4. The number of nitrogens with zero attached hydrogens (tertiary/aromatic N) is 2. The standard InChI is InChI=1S/C14H15F3N4O/c1-13(2,18)12(22)20-10-7-19-21(8-10)11-5-3-4-9(6-11)14(15,16)17/h3-8H,18H2,1-2H3,(H,20,22). The van der Waals surface area contributed by atoms with Crippen molar-refractivity contribution < 1.29 is 18.0 Å². The fourth-order valence-corrected chi connectivity index (χ4v) is 1.65. The predicted octanol–water partition coefficient (Wildman–Crippen LogP) is 2.57. The van der Waals surface area contributed by atoms with Crippen LogP contribution in [0.5, 0.6) is 0 Å². The lowest BCUT2D eigenvalue weighted by Crippen LogP contribution is -2.45. The number of benzene rings is 1. The zero-order chi connectivity index (χ0) is 16.5. The zero-order valence-electron chi connectivity index (χ0n) is 12.0. The molecule has 22 heavy (non-hydrogen) atoms. The number of nitrogens with one attached hydrogen (secondary N) is 1. The molecule has 2 aromatic rings. The van der Waals surface area contributed by atoms with Gasteiger partial charge in [-0.05, 0) is 32.0 Å². The number of aromatic nitrogens is 2. The fourth-order valence-electron chi connectivity index (χ4n) is 1.65. The summed E-state index contributed by atoms with van der Waals surface area (Å²) in [5, 5.41) is 6.49. The van der Waals surface area contributed by atoms with Crippen LogP contribution in [-0.2, 0) is 11.0 Å². The van der Waals surface area contributed by atoms with Gasteiger partial charge >= 0.3 is 6.18 Å². The molecular weight excluding hydrogens is 297 g/mol. The van der Waals surface area contributed by atoms with E-state index in [-0.39, 0.29) is 5.69 Å². The molecule has 0 unspecified atom stereocenters. The van der Waals surface area contributed by atoms with Gasteiger partial charge in [-0.25, -0.2) is 4.68 Å². The first kappa shape index (κ1) is 16.0. The van der Waals surface area contributed by atoms with Gasteiger partial charge in [-0.1, -0.05) is 6.07 Å². The summed E-state index contributed by atoms with van der Waals surface area (Å²) in [7, 11) is 0. The van der Waals surface area contributed by atoms with Crippen LogP contribution in [0.1, 0.15) is 19.4 Å². The molecule has 0 aliphatic rings. The second-order valence-electron chi connectivity index (χ2n) is 5.40. The highest BCUT2D eigenvalue weighted by molar-refractivity contribution is 5.97. The van der Waals surface area contributed by atoms with Gasteiger partial charge in [-0.2, -0.15) is 18.3 Å². The number of alkyl halides is 3. The van der Waals surface area contributed by atoms with Crippen molar-refractivity contribution in [1.29, 1.82) is 0 Å². The number of anilines is 1. The van der Waals surface area contributed by atoms with Gasteiger partial charge in [-0.3, -0.25) is 4.79 Å². The van der Waals surface area contributed by atoms with Gasteiger partial charge < -0.3 is 11.1 Å². The third kappa shape index (κ3) is 3.64. The Morgan fingerprint density at radius 2 is 2.00 bits per heavy atom. The molecule has 1 heterocycles. The van der Waals surface area contributed by atoms with Crippen molar-refractivity contribution in [2.75, 3.05) is 5.32 Å². The normalized spacial score (nSPS) is 12.3. The number of nitrogens with two attached hydrogens (primary N) is 1. The summed E-state index contributed by atoms with van der Waals surface area (Å²) >= 11 is 0. The van der Waals surface area contributed by atoms with Crippen LogP contribution in [0, 0.1) is 0 Å². The van der Waals surface area contributed by atoms with Crippen LogP contribution in [0.3, 0.4) is 0 Å². The largest absolute Gasteiger partial charge is 0.416 e. The summed E-state index contributed by atoms with van der Waals surface area (Å²) in [6.07, 6.45) is -1.67. The van der Waals surface area contributed by atoms with Crippen molar-refractivity contribution in [3.8, 4) is 5.69 Å². The van der Waals surface area contributed by atoms with E-state index in [9.17, 15) is 18.0 Å². The Bertz CT molecular complexity index is 686. The summed E-state index contributed by atoms with van der Waals surface area (Å²) in [5.74, 6) is -0.420. The smallest absolute Gasteiger partial charge is 0.322 e. The van der Waals surface area contributed by atoms with E-state index in [4.69, 9.17) is 5.73 Å². The van der Waals surface area contributed by atoms with E-state index in [1.807, 2.05) is 0 Å². The van der Waals surface area contributed by atoms with E-state index in [0.29, 0.717) is 5.69 Å². The van der Waals surface area contributed by atoms with Gasteiger partial charge in [0.2, 0.25) is 5.91 Å². The molecule has 0 aliphatic heterocycles. The molecule has 0 saturated heterocycles. The van der Waals surface area contributed by atoms with E-state index < -0.39 is 23.2 Å². The van der Waals surface area contributed by atoms with Gasteiger partial charge in [0.05, 0.1) is 34.9 Å².